The largest absolute Gasteiger partial charge is 0.310 e. The third-order valence-electron chi connectivity index (χ3n) is 2.65. The van der Waals surface area contributed by atoms with Gasteiger partial charge in [0, 0.05) is 12.1 Å². The van der Waals surface area contributed by atoms with E-state index in [0.717, 1.165) is 0 Å². The first-order chi connectivity index (χ1) is 4.31. The van der Waals surface area contributed by atoms with Gasteiger partial charge in [-0.3, -0.25) is 0 Å². The van der Waals surface area contributed by atoms with Gasteiger partial charge in [0.25, 0.3) is 0 Å². The van der Waals surface area contributed by atoms with Crippen LogP contribution in [-0.4, -0.2) is 37.1 Å². The standard InChI is InChI=1S/C7H14N2.2ClH/c1-9-5-3-7(6-9)2-4-8-7;;/h8H,2-6H2,1H3;2*1H. The Morgan fingerprint density at radius 3 is 2.09 bits per heavy atom. The maximum absolute atomic E-state index is 3.51. The number of rotatable bonds is 0. The molecule has 0 aromatic rings. The Balaban J connectivity index is 0.000000500. The summed E-state index contributed by atoms with van der Waals surface area (Å²) in [6, 6.07) is 0. The van der Waals surface area contributed by atoms with Crippen LogP contribution < -0.4 is 5.32 Å². The molecule has 0 aromatic carbocycles. The van der Waals surface area contributed by atoms with Crippen molar-refractivity contribution < 1.29 is 0 Å². The zero-order chi connectivity index (χ0) is 6.32. The summed E-state index contributed by atoms with van der Waals surface area (Å²) in [5.41, 5.74) is 0.564. The molecule has 2 saturated heterocycles. The molecule has 2 heterocycles. The third kappa shape index (κ3) is 2.00. The van der Waals surface area contributed by atoms with Crippen LogP contribution >= 0.6 is 24.8 Å². The highest BCUT2D eigenvalue weighted by molar-refractivity contribution is 5.85. The van der Waals surface area contributed by atoms with Crippen molar-refractivity contribution in [2.24, 2.45) is 0 Å². The molecule has 2 rings (SSSR count). The van der Waals surface area contributed by atoms with E-state index in [1.807, 2.05) is 0 Å². The van der Waals surface area contributed by atoms with Crippen LogP contribution in [0, 0.1) is 0 Å². The Morgan fingerprint density at radius 1 is 1.27 bits per heavy atom. The van der Waals surface area contributed by atoms with Gasteiger partial charge >= 0.3 is 0 Å². The predicted octanol–water partition coefficient (Wildman–Crippen LogP) is 0.898. The number of halogens is 2. The lowest BCUT2D eigenvalue weighted by Gasteiger charge is -2.39. The highest BCUT2D eigenvalue weighted by Gasteiger charge is 2.40. The van der Waals surface area contributed by atoms with Gasteiger partial charge in [-0.05, 0) is 33.0 Å². The fourth-order valence-corrected chi connectivity index (χ4v) is 1.91. The first kappa shape index (κ1) is 11.5. The molecule has 1 spiro atoms. The van der Waals surface area contributed by atoms with Crippen LogP contribution in [-0.2, 0) is 0 Å². The molecule has 0 amide bonds. The van der Waals surface area contributed by atoms with E-state index >= 15 is 0 Å². The number of likely N-dealkylation sites (N-methyl/N-ethyl adjacent to an activating group) is 1. The minimum absolute atomic E-state index is 0. The predicted molar refractivity (Wildman–Crippen MR) is 52.0 cm³/mol. The number of nitrogens with one attached hydrogen (secondary N) is 1. The SMILES string of the molecule is CN1CCC2(CCN2)C1.Cl.Cl. The van der Waals surface area contributed by atoms with Crippen LogP contribution in [0.2, 0.25) is 0 Å². The van der Waals surface area contributed by atoms with Gasteiger partial charge in [-0.2, -0.15) is 0 Å². The Kier molecular flexibility index (Phi) is 4.12. The minimum atomic E-state index is 0. The molecule has 1 unspecified atom stereocenters. The van der Waals surface area contributed by atoms with Crippen molar-refractivity contribution in [1.82, 2.24) is 10.2 Å². The fraction of sp³-hybridized carbons (Fsp3) is 1.00. The molecule has 11 heavy (non-hydrogen) atoms. The van der Waals surface area contributed by atoms with Gasteiger partial charge in [0.15, 0.2) is 0 Å². The van der Waals surface area contributed by atoms with Gasteiger partial charge in [0.05, 0.1) is 0 Å². The molecular weight excluding hydrogens is 183 g/mol. The monoisotopic (exact) mass is 198 g/mol. The van der Waals surface area contributed by atoms with E-state index in [2.05, 4.69) is 17.3 Å². The fourth-order valence-electron chi connectivity index (χ4n) is 1.91. The van der Waals surface area contributed by atoms with Gasteiger partial charge in [-0.25, -0.2) is 0 Å². The van der Waals surface area contributed by atoms with Gasteiger partial charge in [-0.1, -0.05) is 0 Å². The minimum Gasteiger partial charge on any atom is -0.310 e. The first-order valence-electron chi connectivity index (χ1n) is 3.74. The Hall–Kier alpha value is 0.500. The molecule has 0 radical (unpaired) electrons. The van der Waals surface area contributed by atoms with E-state index in [9.17, 15) is 0 Å². The number of nitrogens with zero attached hydrogens (tertiary/aromatic N) is 1. The van der Waals surface area contributed by atoms with E-state index in [0.29, 0.717) is 5.54 Å². The van der Waals surface area contributed by atoms with Crippen LogP contribution in [0.4, 0.5) is 0 Å². The highest BCUT2D eigenvalue weighted by atomic mass is 35.5. The second kappa shape index (κ2) is 3.94. The van der Waals surface area contributed by atoms with Crippen LogP contribution in [0.1, 0.15) is 12.8 Å². The van der Waals surface area contributed by atoms with Crippen LogP contribution in [0.5, 0.6) is 0 Å². The molecule has 2 nitrogen and oxygen atoms in total. The van der Waals surface area contributed by atoms with Crippen molar-refractivity contribution in [2.75, 3.05) is 26.7 Å². The van der Waals surface area contributed by atoms with Gasteiger partial charge < -0.3 is 10.2 Å². The number of likely N-dealkylation sites (tertiary alicyclic amines) is 1. The quantitative estimate of drug-likeness (QED) is 0.623. The molecular formula is C7H16Cl2N2. The summed E-state index contributed by atoms with van der Waals surface area (Å²) in [4.78, 5) is 2.41. The van der Waals surface area contributed by atoms with Gasteiger partial charge in [-0.15, -0.1) is 24.8 Å². The molecule has 4 heteroatoms. The maximum Gasteiger partial charge on any atom is 0.0332 e. The lowest BCUT2D eigenvalue weighted by atomic mass is 9.87. The molecule has 0 bridgehead atoms. The summed E-state index contributed by atoms with van der Waals surface area (Å²) in [5.74, 6) is 0. The van der Waals surface area contributed by atoms with Gasteiger partial charge in [0.2, 0.25) is 0 Å². The van der Waals surface area contributed by atoms with E-state index < -0.39 is 0 Å². The van der Waals surface area contributed by atoms with Crippen LogP contribution in [0.25, 0.3) is 0 Å². The Morgan fingerprint density at radius 2 is 1.91 bits per heavy atom. The summed E-state index contributed by atoms with van der Waals surface area (Å²) in [6.45, 7) is 3.80. The average Bonchev–Trinajstić information content (AvgIpc) is 2.09. The summed E-state index contributed by atoms with van der Waals surface area (Å²) in [5, 5.41) is 3.51. The number of hydrogen-bond donors (Lipinski definition) is 1. The lowest BCUT2D eigenvalue weighted by Crippen LogP contribution is -2.58. The molecule has 1 atom stereocenters. The van der Waals surface area contributed by atoms with Crippen LogP contribution in [0.3, 0.4) is 0 Å². The van der Waals surface area contributed by atoms with E-state index in [-0.39, 0.29) is 24.8 Å². The topological polar surface area (TPSA) is 15.3 Å². The van der Waals surface area contributed by atoms with Gasteiger partial charge in [0.1, 0.15) is 0 Å². The Bertz CT molecular complexity index is 126. The molecule has 0 aromatic heterocycles. The van der Waals surface area contributed by atoms with Crippen molar-refractivity contribution in [3.8, 4) is 0 Å². The zero-order valence-corrected chi connectivity index (χ0v) is 8.43. The molecule has 0 aliphatic carbocycles. The van der Waals surface area contributed by atoms with Crippen molar-refractivity contribution in [1.29, 1.82) is 0 Å². The normalized spacial score (nSPS) is 35.7. The van der Waals surface area contributed by atoms with Crippen LogP contribution in [0.15, 0.2) is 0 Å². The lowest BCUT2D eigenvalue weighted by molar-refractivity contribution is 0.212. The average molecular weight is 199 g/mol. The molecule has 2 fully saturated rings. The third-order valence-corrected chi connectivity index (χ3v) is 2.65. The van der Waals surface area contributed by atoms with Crippen molar-refractivity contribution in [3.63, 3.8) is 0 Å². The second-order valence-corrected chi connectivity index (χ2v) is 3.44. The second-order valence-electron chi connectivity index (χ2n) is 3.44. The number of hydrogen-bond acceptors (Lipinski definition) is 2. The molecule has 2 aliphatic heterocycles. The van der Waals surface area contributed by atoms with E-state index in [1.165, 1.54) is 32.5 Å². The van der Waals surface area contributed by atoms with E-state index in [4.69, 9.17) is 0 Å². The van der Waals surface area contributed by atoms with E-state index in [1.54, 1.807) is 0 Å². The Labute approximate surface area is 80.5 Å². The smallest absolute Gasteiger partial charge is 0.0332 e. The highest BCUT2D eigenvalue weighted by Crippen LogP contribution is 2.28. The van der Waals surface area contributed by atoms with Crippen molar-refractivity contribution in [2.45, 2.75) is 18.4 Å². The first-order valence-corrected chi connectivity index (χ1v) is 3.74. The molecule has 1 N–H and O–H groups in total. The summed E-state index contributed by atoms with van der Waals surface area (Å²) in [7, 11) is 2.20. The summed E-state index contributed by atoms with van der Waals surface area (Å²) in [6.07, 6.45) is 2.76. The zero-order valence-electron chi connectivity index (χ0n) is 6.80. The molecule has 68 valence electrons. The summed E-state index contributed by atoms with van der Waals surface area (Å²) < 4.78 is 0. The van der Waals surface area contributed by atoms with Crippen molar-refractivity contribution in [3.05, 3.63) is 0 Å². The summed E-state index contributed by atoms with van der Waals surface area (Å²) >= 11 is 0. The van der Waals surface area contributed by atoms with Crippen molar-refractivity contribution >= 4 is 24.8 Å². The molecule has 0 saturated carbocycles. The molecule has 2 aliphatic rings. The maximum atomic E-state index is 3.51.